The smallest absolute Gasteiger partial charge is 0.343 e. The monoisotopic (exact) mass is 393 g/mol. The van der Waals surface area contributed by atoms with Crippen LogP contribution in [0.1, 0.15) is 10.4 Å². The number of carbonyl (C=O) groups excluding carboxylic acids is 2. The molecular weight excluding hydrogens is 374 g/mol. The number of thioether (sulfide) groups is 1. The molecule has 2 N–H and O–H groups in total. The first kappa shape index (κ1) is 19.7. The van der Waals surface area contributed by atoms with Gasteiger partial charge in [0.25, 0.3) is 5.91 Å². The van der Waals surface area contributed by atoms with Crippen LogP contribution in [-0.4, -0.2) is 28.5 Å². The zero-order chi connectivity index (χ0) is 19.8. The minimum absolute atomic E-state index is 0.324. The molecule has 1 amide bonds. The molecule has 0 saturated heterocycles. The first-order valence-corrected chi connectivity index (χ1v) is 9.54. The van der Waals surface area contributed by atoms with Crippen LogP contribution in [0.4, 0.5) is 0 Å². The second-order valence-corrected chi connectivity index (χ2v) is 7.08. The number of amides is 1. The maximum absolute atomic E-state index is 12.5. The molecule has 0 saturated carbocycles. The number of benzene rings is 3. The lowest BCUT2D eigenvalue weighted by Gasteiger charge is -2.22. The maximum atomic E-state index is 12.5. The van der Waals surface area contributed by atoms with E-state index in [1.54, 1.807) is 60.7 Å². The molecule has 0 aliphatic rings. The summed E-state index contributed by atoms with van der Waals surface area (Å²) in [5, 5.41) is 12.4. The highest BCUT2D eigenvalue weighted by molar-refractivity contribution is 8.00. The fourth-order valence-electron chi connectivity index (χ4n) is 2.41. The standard InChI is InChI=1S/C22H19NO4S/c24-19(22(26)27-17-12-6-2-7-13-17)21(28-18-14-8-3-9-15-18)23-20(25)16-10-4-1-5-11-16/h1-15,19,21,24H,(H,23,25). The van der Waals surface area contributed by atoms with Crippen LogP contribution in [-0.2, 0) is 4.79 Å². The molecule has 0 aliphatic heterocycles. The molecule has 0 heterocycles. The van der Waals surface area contributed by atoms with Crippen molar-refractivity contribution >= 4 is 23.6 Å². The zero-order valence-electron chi connectivity index (χ0n) is 14.9. The number of carbonyl (C=O) groups is 2. The largest absolute Gasteiger partial charge is 0.425 e. The third-order valence-electron chi connectivity index (χ3n) is 3.81. The van der Waals surface area contributed by atoms with Crippen molar-refractivity contribution in [1.82, 2.24) is 5.32 Å². The third kappa shape index (κ3) is 5.45. The van der Waals surface area contributed by atoms with E-state index in [0.717, 1.165) is 4.90 Å². The number of hydrogen-bond donors (Lipinski definition) is 2. The summed E-state index contributed by atoms with van der Waals surface area (Å²) in [6.07, 6.45) is -1.56. The van der Waals surface area contributed by atoms with Gasteiger partial charge in [-0.3, -0.25) is 4.79 Å². The van der Waals surface area contributed by atoms with Crippen LogP contribution in [0.15, 0.2) is 95.9 Å². The highest BCUT2D eigenvalue weighted by atomic mass is 32.2. The highest BCUT2D eigenvalue weighted by Gasteiger charge is 2.30. The normalized spacial score (nSPS) is 12.6. The van der Waals surface area contributed by atoms with E-state index in [0.29, 0.717) is 11.3 Å². The summed E-state index contributed by atoms with van der Waals surface area (Å²) in [6.45, 7) is 0. The highest BCUT2D eigenvalue weighted by Crippen LogP contribution is 2.25. The Morgan fingerprint density at radius 1 is 0.821 bits per heavy atom. The third-order valence-corrected chi connectivity index (χ3v) is 4.98. The van der Waals surface area contributed by atoms with Crippen LogP contribution in [0, 0.1) is 0 Å². The number of esters is 1. The molecule has 0 bridgehead atoms. The van der Waals surface area contributed by atoms with Crippen molar-refractivity contribution in [1.29, 1.82) is 0 Å². The molecule has 0 fully saturated rings. The lowest BCUT2D eigenvalue weighted by molar-refractivity contribution is -0.143. The van der Waals surface area contributed by atoms with Crippen LogP contribution in [0.3, 0.4) is 0 Å². The van der Waals surface area contributed by atoms with Crippen LogP contribution in [0.5, 0.6) is 5.75 Å². The summed E-state index contributed by atoms with van der Waals surface area (Å²) in [5.74, 6) is -0.905. The Morgan fingerprint density at radius 3 is 1.96 bits per heavy atom. The minimum atomic E-state index is -1.56. The number of rotatable bonds is 7. The van der Waals surface area contributed by atoms with Crippen molar-refractivity contribution in [3.05, 3.63) is 96.6 Å². The molecule has 0 radical (unpaired) electrons. The van der Waals surface area contributed by atoms with E-state index in [2.05, 4.69) is 5.32 Å². The lowest BCUT2D eigenvalue weighted by atomic mass is 10.2. The van der Waals surface area contributed by atoms with Gasteiger partial charge in [0.1, 0.15) is 11.1 Å². The summed E-state index contributed by atoms with van der Waals surface area (Å²) >= 11 is 1.18. The number of para-hydroxylation sites is 1. The molecule has 6 heteroatoms. The van der Waals surface area contributed by atoms with E-state index < -0.39 is 17.4 Å². The fraction of sp³-hybridized carbons (Fsp3) is 0.0909. The molecule has 28 heavy (non-hydrogen) atoms. The molecule has 3 aromatic carbocycles. The van der Waals surface area contributed by atoms with Crippen LogP contribution >= 0.6 is 11.8 Å². The van der Waals surface area contributed by atoms with Crippen molar-refractivity contribution in [3.8, 4) is 5.75 Å². The molecule has 0 aliphatic carbocycles. The van der Waals surface area contributed by atoms with E-state index in [1.807, 2.05) is 30.3 Å². The van der Waals surface area contributed by atoms with Gasteiger partial charge in [-0.2, -0.15) is 0 Å². The van der Waals surface area contributed by atoms with Gasteiger partial charge in [-0.1, -0.05) is 66.4 Å². The fourth-order valence-corrected chi connectivity index (χ4v) is 3.42. The minimum Gasteiger partial charge on any atom is -0.425 e. The van der Waals surface area contributed by atoms with Crippen molar-refractivity contribution in [2.24, 2.45) is 0 Å². The Bertz CT molecular complexity index is 904. The topological polar surface area (TPSA) is 75.6 Å². The predicted molar refractivity (Wildman–Crippen MR) is 108 cm³/mol. The van der Waals surface area contributed by atoms with Gasteiger partial charge >= 0.3 is 5.97 Å². The average Bonchev–Trinajstić information content (AvgIpc) is 2.74. The maximum Gasteiger partial charge on any atom is 0.343 e. The Balaban J connectivity index is 1.76. The van der Waals surface area contributed by atoms with Gasteiger partial charge in [0.05, 0.1) is 0 Å². The van der Waals surface area contributed by atoms with Crippen molar-refractivity contribution < 1.29 is 19.4 Å². The Labute approximate surface area is 167 Å². The van der Waals surface area contributed by atoms with Crippen LogP contribution in [0.2, 0.25) is 0 Å². The summed E-state index contributed by atoms with van der Waals surface area (Å²) in [5.41, 5.74) is 0.435. The first-order chi connectivity index (χ1) is 13.6. The van der Waals surface area contributed by atoms with E-state index in [4.69, 9.17) is 4.74 Å². The van der Waals surface area contributed by atoms with Gasteiger partial charge in [-0.15, -0.1) is 0 Å². The molecular formula is C22H19NO4S. The molecule has 5 nitrogen and oxygen atoms in total. The number of hydrogen-bond acceptors (Lipinski definition) is 5. The number of aliphatic hydroxyl groups excluding tert-OH is 1. The predicted octanol–water partition coefficient (Wildman–Crippen LogP) is 3.50. The second kappa shape index (κ2) is 9.73. The summed E-state index contributed by atoms with van der Waals surface area (Å²) in [7, 11) is 0. The molecule has 3 rings (SSSR count). The first-order valence-electron chi connectivity index (χ1n) is 8.66. The second-order valence-electron chi connectivity index (χ2n) is 5.87. The van der Waals surface area contributed by atoms with Gasteiger partial charge < -0.3 is 15.2 Å². The number of aliphatic hydroxyl groups is 1. The quantitative estimate of drug-likeness (QED) is 0.278. The molecule has 0 spiro atoms. The molecule has 3 aromatic rings. The summed E-state index contributed by atoms with van der Waals surface area (Å²) in [4.78, 5) is 25.8. The SMILES string of the molecule is O=C(NC(Sc1ccccc1)C(O)C(=O)Oc1ccccc1)c1ccccc1. The van der Waals surface area contributed by atoms with Gasteiger partial charge in [0, 0.05) is 10.5 Å². The Hall–Kier alpha value is -3.09. The van der Waals surface area contributed by atoms with Gasteiger partial charge in [0.15, 0.2) is 6.10 Å². The molecule has 2 unspecified atom stereocenters. The van der Waals surface area contributed by atoms with E-state index in [9.17, 15) is 14.7 Å². The average molecular weight is 393 g/mol. The zero-order valence-corrected chi connectivity index (χ0v) is 15.7. The van der Waals surface area contributed by atoms with Gasteiger partial charge in [0.2, 0.25) is 0 Å². The lowest BCUT2D eigenvalue weighted by Crippen LogP contribution is -2.46. The van der Waals surface area contributed by atoms with Gasteiger partial charge in [-0.05, 0) is 36.4 Å². The Morgan fingerprint density at radius 2 is 1.36 bits per heavy atom. The molecule has 142 valence electrons. The van der Waals surface area contributed by atoms with E-state index in [1.165, 1.54) is 11.8 Å². The Kier molecular flexibility index (Phi) is 6.84. The number of nitrogens with one attached hydrogen (secondary N) is 1. The number of ether oxygens (including phenoxy) is 1. The van der Waals surface area contributed by atoms with Gasteiger partial charge in [-0.25, -0.2) is 4.79 Å². The van der Waals surface area contributed by atoms with Crippen molar-refractivity contribution in [3.63, 3.8) is 0 Å². The molecule has 0 aromatic heterocycles. The van der Waals surface area contributed by atoms with Crippen LogP contribution < -0.4 is 10.1 Å². The van der Waals surface area contributed by atoms with E-state index >= 15 is 0 Å². The van der Waals surface area contributed by atoms with Crippen LogP contribution in [0.25, 0.3) is 0 Å². The van der Waals surface area contributed by atoms with Crippen molar-refractivity contribution in [2.75, 3.05) is 0 Å². The summed E-state index contributed by atoms with van der Waals surface area (Å²) < 4.78 is 5.23. The molecule has 2 atom stereocenters. The summed E-state index contributed by atoms with van der Waals surface area (Å²) in [6, 6.07) is 26.3. The van der Waals surface area contributed by atoms with E-state index in [-0.39, 0.29) is 5.91 Å². The van der Waals surface area contributed by atoms with Crippen molar-refractivity contribution in [2.45, 2.75) is 16.4 Å².